The Morgan fingerprint density at radius 1 is 0.909 bits per heavy atom. The van der Waals surface area contributed by atoms with E-state index in [0.717, 1.165) is 0 Å². The highest BCUT2D eigenvalue weighted by molar-refractivity contribution is 6.32. The van der Waals surface area contributed by atoms with E-state index in [9.17, 15) is 9.18 Å². The van der Waals surface area contributed by atoms with Gasteiger partial charge in [0.2, 0.25) is 0 Å². The second-order valence-electron chi connectivity index (χ2n) is 7.01. The van der Waals surface area contributed by atoms with Crippen LogP contribution in [-0.4, -0.2) is 30.9 Å². The molecule has 3 aromatic carbocycles. The van der Waals surface area contributed by atoms with Gasteiger partial charge in [0.1, 0.15) is 17.4 Å². The van der Waals surface area contributed by atoms with Crippen molar-refractivity contribution in [2.24, 2.45) is 0 Å². The molecule has 0 bridgehead atoms. The predicted molar refractivity (Wildman–Crippen MR) is 127 cm³/mol. The lowest BCUT2D eigenvalue weighted by atomic mass is 10.1. The summed E-state index contributed by atoms with van der Waals surface area (Å²) < 4.78 is 31.5. The van der Waals surface area contributed by atoms with Crippen molar-refractivity contribution in [3.8, 4) is 22.9 Å². The van der Waals surface area contributed by atoms with Crippen LogP contribution in [0.4, 0.5) is 4.39 Å². The van der Waals surface area contributed by atoms with Gasteiger partial charge in [0.05, 0.1) is 42.9 Å². The first-order valence-electron chi connectivity index (χ1n) is 9.92. The van der Waals surface area contributed by atoms with E-state index in [1.165, 1.54) is 32.0 Å². The summed E-state index contributed by atoms with van der Waals surface area (Å²) in [5, 5.41) is 0.654. The van der Waals surface area contributed by atoms with E-state index in [1.807, 2.05) is 0 Å². The maximum Gasteiger partial charge on any atom is 0.266 e. The molecule has 0 saturated carbocycles. The Kier molecular flexibility index (Phi) is 6.33. The molecule has 0 atom stereocenters. The van der Waals surface area contributed by atoms with Crippen LogP contribution in [-0.2, 0) is 0 Å². The van der Waals surface area contributed by atoms with E-state index < -0.39 is 0 Å². The minimum absolute atomic E-state index is 0.282. The summed E-state index contributed by atoms with van der Waals surface area (Å²) in [4.78, 5) is 18.3. The van der Waals surface area contributed by atoms with Crippen molar-refractivity contribution < 1.29 is 18.6 Å². The quantitative estimate of drug-likeness (QED) is 0.382. The second-order valence-corrected chi connectivity index (χ2v) is 7.42. The minimum Gasteiger partial charge on any atom is -0.495 e. The zero-order valence-electron chi connectivity index (χ0n) is 18.1. The molecular formula is C25H20ClFN2O4. The van der Waals surface area contributed by atoms with Crippen molar-refractivity contribution >= 4 is 34.7 Å². The molecule has 0 aliphatic heterocycles. The van der Waals surface area contributed by atoms with Gasteiger partial charge >= 0.3 is 0 Å². The Morgan fingerprint density at radius 2 is 1.61 bits per heavy atom. The zero-order chi connectivity index (χ0) is 23.5. The summed E-state index contributed by atoms with van der Waals surface area (Å²) in [5.41, 5.74) is 0.888. The Balaban J connectivity index is 2.00. The predicted octanol–water partition coefficient (Wildman–Crippen LogP) is 5.37. The molecule has 0 unspecified atom stereocenters. The first kappa shape index (κ1) is 22.4. The van der Waals surface area contributed by atoms with E-state index >= 15 is 0 Å². The molecule has 0 saturated heterocycles. The van der Waals surface area contributed by atoms with Crippen LogP contribution in [0.3, 0.4) is 0 Å². The van der Waals surface area contributed by atoms with Crippen LogP contribution in [0.25, 0.3) is 28.7 Å². The second kappa shape index (κ2) is 9.34. The smallest absolute Gasteiger partial charge is 0.266 e. The molecule has 168 valence electrons. The summed E-state index contributed by atoms with van der Waals surface area (Å²) in [6.45, 7) is 0. The molecule has 0 aliphatic carbocycles. The van der Waals surface area contributed by atoms with E-state index in [0.29, 0.717) is 44.4 Å². The summed E-state index contributed by atoms with van der Waals surface area (Å²) in [7, 11) is 4.50. The van der Waals surface area contributed by atoms with Gasteiger partial charge in [0, 0.05) is 11.6 Å². The number of hydrogen-bond donors (Lipinski definition) is 0. The number of benzene rings is 3. The number of nitrogens with zero attached hydrogens (tertiary/aromatic N) is 2. The van der Waals surface area contributed by atoms with Crippen molar-refractivity contribution in [2.45, 2.75) is 0 Å². The largest absolute Gasteiger partial charge is 0.495 e. The monoisotopic (exact) mass is 466 g/mol. The molecule has 0 amide bonds. The molecule has 8 heteroatoms. The van der Waals surface area contributed by atoms with Gasteiger partial charge in [-0.15, -0.1) is 0 Å². The topological polar surface area (TPSA) is 62.6 Å². The molecule has 6 nitrogen and oxygen atoms in total. The number of rotatable bonds is 6. The lowest BCUT2D eigenvalue weighted by Crippen LogP contribution is -2.22. The molecular weight excluding hydrogens is 447 g/mol. The van der Waals surface area contributed by atoms with E-state index in [2.05, 4.69) is 4.98 Å². The van der Waals surface area contributed by atoms with Crippen molar-refractivity contribution in [3.05, 3.63) is 87.2 Å². The Morgan fingerprint density at radius 3 is 2.27 bits per heavy atom. The average molecular weight is 467 g/mol. The molecule has 33 heavy (non-hydrogen) atoms. The van der Waals surface area contributed by atoms with Gasteiger partial charge < -0.3 is 14.2 Å². The van der Waals surface area contributed by atoms with Gasteiger partial charge in [-0.25, -0.2) is 9.37 Å². The van der Waals surface area contributed by atoms with E-state index in [1.54, 1.807) is 60.7 Å². The van der Waals surface area contributed by atoms with Gasteiger partial charge in [-0.3, -0.25) is 9.36 Å². The third-order valence-electron chi connectivity index (χ3n) is 5.11. The van der Waals surface area contributed by atoms with Crippen molar-refractivity contribution in [1.29, 1.82) is 0 Å². The van der Waals surface area contributed by atoms with Crippen LogP contribution in [0, 0.1) is 5.82 Å². The highest BCUT2D eigenvalue weighted by Crippen LogP contribution is 2.31. The molecule has 4 rings (SSSR count). The standard InChI is InChI=1S/C25H20ClFN2O4/c1-31-21-10-9-16(12-18(21)26)29-24(11-8-15-6-4-5-7-19(15)27)28-20-14-23(33-3)22(32-2)13-17(20)25(29)30/h4-14H,1-3H3. The van der Waals surface area contributed by atoms with Gasteiger partial charge in [0.25, 0.3) is 5.56 Å². The number of ether oxygens (including phenoxy) is 3. The Labute approximate surface area is 194 Å². The van der Waals surface area contributed by atoms with Gasteiger partial charge in [-0.05, 0) is 42.5 Å². The van der Waals surface area contributed by atoms with Crippen molar-refractivity contribution in [1.82, 2.24) is 9.55 Å². The Bertz CT molecular complexity index is 1430. The first-order chi connectivity index (χ1) is 16.0. The summed E-state index contributed by atoms with van der Waals surface area (Å²) >= 11 is 6.32. The van der Waals surface area contributed by atoms with Crippen LogP contribution < -0.4 is 19.8 Å². The third-order valence-corrected chi connectivity index (χ3v) is 5.41. The fourth-order valence-corrected chi connectivity index (χ4v) is 3.71. The summed E-state index contributed by atoms with van der Waals surface area (Å²) in [6.07, 6.45) is 3.14. The molecule has 0 aliphatic rings. The third kappa shape index (κ3) is 4.27. The fourth-order valence-electron chi connectivity index (χ4n) is 3.46. The molecule has 1 heterocycles. The molecule has 1 aromatic heterocycles. The number of methoxy groups -OCH3 is 3. The van der Waals surface area contributed by atoms with Crippen LogP contribution >= 0.6 is 11.6 Å². The summed E-state index contributed by atoms with van der Waals surface area (Å²) in [5.74, 6) is 1.20. The molecule has 0 N–H and O–H groups in total. The van der Waals surface area contributed by atoms with Crippen molar-refractivity contribution in [3.63, 3.8) is 0 Å². The van der Waals surface area contributed by atoms with Crippen molar-refractivity contribution in [2.75, 3.05) is 21.3 Å². The molecule has 4 aromatic rings. The van der Waals surface area contributed by atoms with Crippen LogP contribution in [0.5, 0.6) is 17.2 Å². The normalized spacial score (nSPS) is 11.2. The number of hydrogen-bond acceptors (Lipinski definition) is 5. The number of halogens is 2. The van der Waals surface area contributed by atoms with Gasteiger partial charge in [-0.2, -0.15) is 0 Å². The molecule has 0 fully saturated rings. The van der Waals surface area contributed by atoms with Crippen LogP contribution in [0.2, 0.25) is 5.02 Å². The van der Waals surface area contributed by atoms with Gasteiger partial charge in [0.15, 0.2) is 11.5 Å². The molecule has 0 radical (unpaired) electrons. The van der Waals surface area contributed by atoms with Gasteiger partial charge in [-0.1, -0.05) is 29.8 Å². The number of fused-ring (bicyclic) bond motifs is 1. The zero-order valence-corrected chi connectivity index (χ0v) is 18.9. The summed E-state index contributed by atoms with van der Waals surface area (Å²) in [6, 6.07) is 14.5. The minimum atomic E-state index is -0.387. The van der Waals surface area contributed by atoms with Crippen LogP contribution in [0.1, 0.15) is 11.4 Å². The Hall–Kier alpha value is -3.84. The first-order valence-corrected chi connectivity index (χ1v) is 10.3. The maximum atomic E-state index is 14.2. The fraction of sp³-hybridized carbons (Fsp3) is 0.120. The molecule has 0 spiro atoms. The van der Waals surface area contributed by atoms with E-state index in [-0.39, 0.29) is 17.2 Å². The SMILES string of the molecule is COc1ccc(-n2c(C=Cc3ccccc3F)nc3cc(OC)c(OC)cc3c2=O)cc1Cl. The number of aromatic nitrogens is 2. The lowest BCUT2D eigenvalue weighted by Gasteiger charge is -2.14. The average Bonchev–Trinajstić information content (AvgIpc) is 2.82. The van der Waals surface area contributed by atoms with Crippen LogP contribution in [0.15, 0.2) is 59.4 Å². The highest BCUT2D eigenvalue weighted by Gasteiger charge is 2.16. The van der Waals surface area contributed by atoms with E-state index in [4.69, 9.17) is 25.8 Å². The maximum absolute atomic E-state index is 14.2. The lowest BCUT2D eigenvalue weighted by molar-refractivity contribution is 0.355. The highest BCUT2D eigenvalue weighted by atomic mass is 35.5.